The molecule has 0 bridgehead atoms. The molecule has 9 heteroatoms. The summed E-state index contributed by atoms with van der Waals surface area (Å²) >= 11 is 0. The monoisotopic (exact) mass is 400 g/mol. The van der Waals surface area contributed by atoms with Crippen molar-refractivity contribution in [3.05, 3.63) is 34.4 Å². The van der Waals surface area contributed by atoms with Crippen molar-refractivity contribution in [1.29, 1.82) is 0 Å². The molecule has 1 aromatic carbocycles. The van der Waals surface area contributed by atoms with Crippen LogP contribution in [0.25, 0.3) is 11.3 Å². The second-order valence-corrected chi connectivity index (χ2v) is 7.64. The van der Waals surface area contributed by atoms with Crippen LogP contribution >= 0.6 is 0 Å². The smallest absolute Gasteiger partial charge is 0.269 e. The fraction of sp³-hybridized carbons (Fsp3) is 0.600. The van der Waals surface area contributed by atoms with Gasteiger partial charge in [0, 0.05) is 57.0 Å². The molecular formula is C20H28N6O3. The molecule has 2 aliphatic heterocycles. The summed E-state index contributed by atoms with van der Waals surface area (Å²) < 4.78 is 7.44. The predicted octanol–water partition coefficient (Wildman–Crippen LogP) is 2.57. The van der Waals surface area contributed by atoms with Crippen LogP contribution in [0.2, 0.25) is 0 Å². The molecular weight excluding hydrogens is 372 g/mol. The quantitative estimate of drug-likeness (QED) is 0.521. The summed E-state index contributed by atoms with van der Waals surface area (Å²) in [6, 6.07) is 6.61. The largest absolute Gasteiger partial charge is 0.379 e. The third kappa shape index (κ3) is 4.73. The van der Waals surface area contributed by atoms with Crippen LogP contribution in [0.1, 0.15) is 25.7 Å². The SMILES string of the molecule is O=[N+]([O-])c1ccc(-c2nnn(CCCN3CCOCC3)c2N2CCCCC2)cc1. The molecule has 0 aliphatic carbocycles. The summed E-state index contributed by atoms with van der Waals surface area (Å²) in [6.07, 6.45) is 4.59. The zero-order chi connectivity index (χ0) is 20.1. The van der Waals surface area contributed by atoms with Gasteiger partial charge in [0.15, 0.2) is 5.82 Å². The minimum Gasteiger partial charge on any atom is -0.379 e. The van der Waals surface area contributed by atoms with E-state index in [9.17, 15) is 10.1 Å². The van der Waals surface area contributed by atoms with E-state index in [4.69, 9.17) is 4.74 Å². The first kappa shape index (κ1) is 19.8. The lowest BCUT2D eigenvalue weighted by Crippen LogP contribution is -2.37. The van der Waals surface area contributed by atoms with Crippen molar-refractivity contribution in [3.8, 4) is 11.3 Å². The maximum absolute atomic E-state index is 11.0. The van der Waals surface area contributed by atoms with Crippen molar-refractivity contribution in [3.63, 3.8) is 0 Å². The Bertz CT molecular complexity index is 810. The maximum atomic E-state index is 11.0. The molecule has 9 nitrogen and oxygen atoms in total. The van der Waals surface area contributed by atoms with Gasteiger partial charge in [0.1, 0.15) is 5.69 Å². The molecule has 0 amide bonds. The second kappa shape index (κ2) is 9.32. The molecule has 2 fully saturated rings. The van der Waals surface area contributed by atoms with Gasteiger partial charge >= 0.3 is 0 Å². The van der Waals surface area contributed by atoms with Crippen LogP contribution in [0.3, 0.4) is 0 Å². The molecule has 0 spiro atoms. The highest BCUT2D eigenvalue weighted by molar-refractivity contribution is 5.73. The number of aromatic nitrogens is 3. The molecule has 0 radical (unpaired) electrons. The number of nitro benzene ring substituents is 1. The number of ether oxygens (including phenoxy) is 1. The standard InChI is InChI=1S/C20H28N6O3/c27-26(28)18-7-5-17(6-8-18)19-20(24-10-2-1-3-11-24)25(22-21-19)12-4-9-23-13-15-29-16-14-23/h5-8H,1-4,9-16H2. The molecule has 2 aliphatic rings. The van der Waals surface area contributed by atoms with Gasteiger partial charge in [-0.2, -0.15) is 0 Å². The van der Waals surface area contributed by atoms with Gasteiger partial charge in [-0.25, -0.2) is 4.68 Å². The number of nitrogens with zero attached hydrogens (tertiary/aromatic N) is 6. The fourth-order valence-electron chi connectivity index (χ4n) is 4.07. The zero-order valence-corrected chi connectivity index (χ0v) is 16.7. The van der Waals surface area contributed by atoms with E-state index >= 15 is 0 Å². The Balaban J connectivity index is 1.53. The molecule has 4 rings (SSSR count). The van der Waals surface area contributed by atoms with Crippen molar-refractivity contribution in [1.82, 2.24) is 19.9 Å². The topological polar surface area (TPSA) is 89.6 Å². The van der Waals surface area contributed by atoms with Crippen LogP contribution in [0.5, 0.6) is 0 Å². The summed E-state index contributed by atoms with van der Waals surface area (Å²) in [4.78, 5) is 15.4. The first-order chi connectivity index (χ1) is 14.2. The molecule has 0 atom stereocenters. The number of morpholine rings is 1. The third-order valence-corrected chi connectivity index (χ3v) is 5.66. The van der Waals surface area contributed by atoms with Crippen molar-refractivity contribution in [2.24, 2.45) is 0 Å². The lowest BCUT2D eigenvalue weighted by atomic mass is 10.1. The number of anilines is 1. The van der Waals surface area contributed by atoms with Crippen molar-refractivity contribution in [2.45, 2.75) is 32.2 Å². The minimum absolute atomic E-state index is 0.0891. The molecule has 2 saturated heterocycles. The Hall–Kier alpha value is -2.52. The van der Waals surface area contributed by atoms with E-state index in [1.54, 1.807) is 12.1 Å². The van der Waals surface area contributed by atoms with Crippen molar-refractivity contribution >= 4 is 11.5 Å². The summed E-state index contributed by atoms with van der Waals surface area (Å²) in [5.41, 5.74) is 1.77. The van der Waals surface area contributed by atoms with Crippen LogP contribution in [-0.2, 0) is 11.3 Å². The van der Waals surface area contributed by atoms with E-state index in [-0.39, 0.29) is 10.6 Å². The Labute approximate surface area is 170 Å². The lowest BCUT2D eigenvalue weighted by molar-refractivity contribution is -0.384. The van der Waals surface area contributed by atoms with E-state index < -0.39 is 0 Å². The van der Waals surface area contributed by atoms with Crippen LogP contribution in [0, 0.1) is 10.1 Å². The molecule has 156 valence electrons. The summed E-state index contributed by atoms with van der Waals surface area (Å²) in [5, 5.41) is 19.9. The zero-order valence-electron chi connectivity index (χ0n) is 16.7. The van der Waals surface area contributed by atoms with E-state index in [1.165, 1.54) is 31.4 Å². The van der Waals surface area contributed by atoms with Crippen LogP contribution in [-0.4, -0.2) is 70.8 Å². The van der Waals surface area contributed by atoms with Crippen LogP contribution in [0.15, 0.2) is 24.3 Å². The summed E-state index contributed by atoms with van der Waals surface area (Å²) in [5.74, 6) is 1.04. The number of hydrogen-bond acceptors (Lipinski definition) is 7. The Morgan fingerprint density at radius 1 is 1.00 bits per heavy atom. The highest BCUT2D eigenvalue weighted by atomic mass is 16.6. The molecule has 0 saturated carbocycles. The number of nitro groups is 1. The molecule has 0 N–H and O–H groups in total. The Kier molecular flexibility index (Phi) is 6.36. The van der Waals surface area contributed by atoms with E-state index in [1.807, 2.05) is 4.68 Å². The van der Waals surface area contributed by atoms with Crippen molar-refractivity contribution < 1.29 is 9.66 Å². The number of benzene rings is 1. The van der Waals surface area contributed by atoms with Gasteiger partial charge in [0.05, 0.1) is 18.1 Å². The summed E-state index contributed by atoms with van der Waals surface area (Å²) in [6.45, 7) is 7.43. The summed E-state index contributed by atoms with van der Waals surface area (Å²) in [7, 11) is 0. The van der Waals surface area contributed by atoms with E-state index in [2.05, 4.69) is 20.1 Å². The molecule has 3 heterocycles. The lowest BCUT2D eigenvalue weighted by Gasteiger charge is -2.30. The van der Waals surface area contributed by atoms with Crippen LogP contribution in [0.4, 0.5) is 11.5 Å². The van der Waals surface area contributed by atoms with Gasteiger partial charge in [-0.3, -0.25) is 15.0 Å². The first-order valence-corrected chi connectivity index (χ1v) is 10.5. The molecule has 2 aromatic rings. The molecule has 0 unspecified atom stereocenters. The average Bonchev–Trinajstić information content (AvgIpc) is 3.19. The third-order valence-electron chi connectivity index (χ3n) is 5.66. The fourth-order valence-corrected chi connectivity index (χ4v) is 4.07. The van der Waals surface area contributed by atoms with Gasteiger partial charge in [0.2, 0.25) is 0 Å². The molecule has 29 heavy (non-hydrogen) atoms. The normalized spacial score (nSPS) is 18.1. The maximum Gasteiger partial charge on any atom is 0.269 e. The van der Waals surface area contributed by atoms with E-state index in [0.717, 1.165) is 76.0 Å². The number of aryl methyl sites for hydroxylation is 1. The van der Waals surface area contributed by atoms with Crippen LogP contribution < -0.4 is 4.90 Å². The van der Waals surface area contributed by atoms with Gasteiger partial charge in [0.25, 0.3) is 5.69 Å². The van der Waals surface area contributed by atoms with Gasteiger partial charge in [-0.05, 0) is 37.8 Å². The number of non-ortho nitro benzene ring substituents is 1. The average molecular weight is 400 g/mol. The first-order valence-electron chi connectivity index (χ1n) is 10.5. The number of rotatable bonds is 7. The highest BCUT2D eigenvalue weighted by Crippen LogP contribution is 2.32. The number of hydrogen-bond donors (Lipinski definition) is 0. The highest BCUT2D eigenvalue weighted by Gasteiger charge is 2.23. The predicted molar refractivity (Wildman–Crippen MR) is 110 cm³/mol. The van der Waals surface area contributed by atoms with E-state index in [0.29, 0.717) is 0 Å². The Morgan fingerprint density at radius 2 is 1.72 bits per heavy atom. The van der Waals surface area contributed by atoms with Crippen molar-refractivity contribution in [2.75, 3.05) is 50.8 Å². The van der Waals surface area contributed by atoms with Gasteiger partial charge in [-0.15, -0.1) is 5.10 Å². The molecule has 1 aromatic heterocycles. The Morgan fingerprint density at radius 3 is 2.41 bits per heavy atom. The number of piperidine rings is 1. The minimum atomic E-state index is -0.377. The second-order valence-electron chi connectivity index (χ2n) is 7.64. The van der Waals surface area contributed by atoms with Gasteiger partial charge in [-0.1, -0.05) is 5.21 Å². The van der Waals surface area contributed by atoms with Gasteiger partial charge < -0.3 is 9.64 Å².